The Labute approximate surface area is 202 Å². The zero-order chi connectivity index (χ0) is 21.3. The lowest BCUT2D eigenvalue weighted by Crippen LogP contribution is -2.45. The van der Waals surface area contributed by atoms with E-state index in [1.54, 1.807) is 7.05 Å². The van der Waals surface area contributed by atoms with E-state index in [-0.39, 0.29) is 42.0 Å². The fourth-order valence-corrected chi connectivity index (χ4v) is 3.91. The van der Waals surface area contributed by atoms with E-state index >= 15 is 0 Å². The second-order valence-electron chi connectivity index (χ2n) is 7.95. The van der Waals surface area contributed by atoms with Crippen molar-refractivity contribution >= 4 is 29.9 Å². The molecule has 0 radical (unpaired) electrons. The Kier molecular flexibility index (Phi) is 10.7. The molecule has 0 saturated carbocycles. The van der Waals surface area contributed by atoms with E-state index in [1.165, 1.54) is 23.3 Å². The number of halogens is 2. The number of hydrogen-bond acceptors (Lipinski definition) is 3. The quantitative estimate of drug-likeness (QED) is 0.317. The van der Waals surface area contributed by atoms with Crippen LogP contribution in [0.2, 0.25) is 0 Å². The third-order valence-electron chi connectivity index (χ3n) is 5.30. The molecule has 0 spiro atoms. The summed E-state index contributed by atoms with van der Waals surface area (Å²) < 4.78 is 18.9. The van der Waals surface area contributed by atoms with Gasteiger partial charge in [-0.1, -0.05) is 36.4 Å². The lowest BCUT2D eigenvalue weighted by Gasteiger charge is -2.35. The SMILES string of the molecule is CN=C(NCCc1ccc(F)cc1)NCc1ccccc1CN1CC(C)OC(C)C1.I. The number of rotatable bonds is 7. The van der Waals surface area contributed by atoms with Crippen LogP contribution in [0.1, 0.15) is 30.5 Å². The summed E-state index contributed by atoms with van der Waals surface area (Å²) >= 11 is 0. The maximum Gasteiger partial charge on any atom is 0.191 e. The number of nitrogens with one attached hydrogen (secondary N) is 2. The topological polar surface area (TPSA) is 48.9 Å². The van der Waals surface area contributed by atoms with Crippen LogP contribution in [-0.4, -0.2) is 49.7 Å². The van der Waals surface area contributed by atoms with Gasteiger partial charge in [0.05, 0.1) is 12.2 Å². The van der Waals surface area contributed by atoms with Crippen LogP contribution in [0.3, 0.4) is 0 Å². The molecule has 2 N–H and O–H groups in total. The first kappa shape index (κ1) is 25.5. The molecule has 2 aromatic rings. The zero-order valence-corrected chi connectivity index (χ0v) is 20.9. The predicted molar refractivity (Wildman–Crippen MR) is 135 cm³/mol. The molecule has 2 unspecified atom stereocenters. The molecular formula is C24H34FIN4O. The molecule has 0 bridgehead atoms. The Hall–Kier alpha value is -1.71. The summed E-state index contributed by atoms with van der Waals surface area (Å²) in [5.74, 6) is 0.560. The fourth-order valence-electron chi connectivity index (χ4n) is 3.91. The smallest absolute Gasteiger partial charge is 0.191 e. The molecule has 7 heteroatoms. The zero-order valence-electron chi connectivity index (χ0n) is 18.6. The van der Waals surface area contributed by atoms with Crippen LogP contribution in [0.15, 0.2) is 53.5 Å². The van der Waals surface area contributed by atoms with Crippen molar-refractivity contribution in [3.8, 4) is 0 Å². The standard InChI is InChI=1S/C24H33FN4O.HI/c1-18-15-29(16-19(2)30-18)17-22-7-5-4-6-21(22)14-28-24(26-3)27-13-12-20-8-10-23(25)11-9-20;/h4-11,18-19H,12-17H2,1-3H3,(H2,26,27,28);1H. The Morgan fingerprint density at radius 3 is 2.32 bits per heavy atom. The van der Waals surface area contributed by atoms with E-state index in [0.717, 1.165) is 44.1 Å². The predicted octanol–water partition coefficient (Wildman–Crippen LogP) is 3.96. The van der Waals surface area contributed by atoms with Crippen LogP contribution in [0, 0.1) is 5.82 Å². The third kappa shape index (κ3) is 8.38. The Bertz CT molecular complexity index is 821. The maximum atomic E-state index is 13.0. The highest BCUT2D eigenvalue weighted by atomic mass is 127. The summed E-state index contributed by atoms with van der Waals surface area (Å²) in [4.78, 5) is 6.79. The molecule has 1 fully saturated rings. The molecule has 2 atom stereocenters. The van der Waals surface area contributed by atoms with Crippen molar-refractivity contribution in [1.82, 2.24) is 15.5 Å². The molecule has 2 aromatic carbocycles. The molecule has 0 aromatic heterocycles. The number of morpholine rings is 1. The molecular weight excluding hydrogens is 506 g/mol. The average Bonchev–Trinajstić information content (AvgIpc) is 2.72. The van der Waals surface area contributed by atoms with Gasteiger partial charge in [0.25, 0.3) is 0 Å². The number of aliphatic imine (C=N–C) groups is 1. The van der Waals surface area contributed by atoms with Crippen molar-refractivity contribution < 1.29 is 9.13 Å². The van der Waals surface area contributed by atoms with Gasteiger partial charge in [0, 0.05) is 39.8 Å². The highest BCUT2D eigenvalue weighted by Crippen LogP contribution is 2.17. The van der Waals surface area contributed by atoms with E-state index in [9.17, 15) is 4.39 Å². The Morgan fingerprint density at radius 2 is 1.68 bits per heavy atom. The van der Waals surface area contributed by atoms with Crippen molar-refractivity contribution in [2.75, 3.05) is 26.7 Å². The molecule has 1 aliphatic rings. The lowest BCUT2D eigenvalue weighted by atomic mass is 10.1. The highest BCUT2D eigenvalue weighted by Gasteiger charge is 2.22. The molecule has 3 rings (SSSR count). The molecule has 0 aliphatic carbocycles. The number of nitrogens with zero attached hydrogens (tertiary/aromatic N) is 2. The highest BCUT2D eigenvalue weighted by molar-refractivity contribution is 14.0. The van der Waals surface area contributed by atoms with Crippen molar-refractivity contribution in [2.45, 2.75) is 45.6 Å². The maximum absolute atomic E-state index is 13.0. The van der Waals surface area contributed by atoms with Crippen molar-refractivity contribution in [2.24, 2.45) is 4.99 Å². The normalized spacial score (nSPS) is 19.5. The summed E-state index contributed by atoms with van der Waals surface area (Å²) in [5, 5.41) is 6.75. The summed E-state index contributed by atoms with van der Waals surface area (Å²) in [5.41, 5.74) is 3.69. The van der Waals surface area contributed by atoms with Gasteiger partial charge in [-0.2, -0.15) is 0 Å². The van der Waals surface area contributed by atoms with E-state index in [1.807, 2.05) is 12.1 Å². The van der Waals surface area contributed by atoms with Crippen molar-refractivity contribution in [3.05, 3.63) is 71.0 Å². The molecule has 0 amide bonds. The summed E-state index contributed by atoms with van der Waals surface area (Å²) in [6, 6.07) is 15.2. The van der Waals surface area contributed by atoms with E-state index in [4.69, 9.17) is 4.74 Å². The van der Waals surface area contributed by atoms with Crippen LogP contribution < -0.4 is 10.6 Å². The molecule has 31 heavy (non-hydrogen) atoms. The van der Waals surface area contributed by atoms with Gasteiger partial charge in [-0.05, 0) is 49.1 Å². The number of hydrogen-bond donors (Lipinski definition) is 2. The molecule has 1 saturated heterocycles. The van der Waals surface area contributed by atoms with Gasteiger partial charge in [-0.25, -0.2) is 4.39 Å². The Morgan fingerprint density at radius 1 is 1.03 bits per heavy atom. The minimum Gasteiger partial charge on any atom is -0.373 e. The van der Waals surface area contributed by atoms with Gasteiger partial charge in [0.1, 0.15) is 5.82 Å². The molecule has 1 heterocycles. The largest absolute Gasteiger partial charge is 0.373 e. The van der Waals surface area contributed by atoms with Crippen LogP contribution in [0.4, 0.5) is 4.39 Å². The average molecular weight is 540 g/mol. The monoisotopic (exact) mass is 540 g/mol. The van der Waals surface area contributed by atoms with Gasteiger partial charge >= 0.3 is 0 Å². The Balaban J connectivity index is 0.00000341. The van der Waals surface area contributed by atoms with Gasteiger partial charge < -0.3 is 15.4 Å². The third-order valence-corrected chi connectivity index (χ3v) is 5.30. The molecule has 170 valence electrons. The van der Waals surface area contributed by atoms with Crippen molar-refractivity contribution in [3.63, 3.8) is 0 Å². The second kappa shape index (κ2) is 13.0. The number of guanidine groups is 1. The summed E-state index contributed by atoms with van der Waals surface area (Å²) in [6.07, 6.45) is 1.34. The van der Waals surface area contributed by atoms with Crippen molar-refractivity contribution in [1.29, 1.82) is 0 Å². The summed E-state index contributed by atoms with van der Waals surface area (Å²) in [7, 11) is 1.77. The van der Waals surface area contributed by atoms with Gasteiger partial charge in [-0.15, -0.1) is 24.0 Å². The van der Waals surface area contributed by atoms with Crippen LogP contribution in [-0.2, 0) is 24.2 Å². The minimum atomic E-state index is -0.205. The van der Waals surface area contributed by atoms with Crippen LogP contribution >= 0.6 is 24.0 Å². The van der Waals surface area contributed by atoms with E-state index in [0.29, 0.717) is 6.54 Å². The number of benzene rings is 2. The van der Waals surface area contributed by atoms with Crippen LogP contribution in [0.25, 0.3) is 0 Å². The van der Waals surface area contributed by atoms with E-state index < -0.39 is 0 Å². The first-order valence-electron chi connectivity index (χ1n) is 10.7. The van der Waals surface area contributed by atoms with Gasteiger partial charge in [-0.3, -0.25) is 9.89 Å². The number of ether oxygens (including phenoxy) is 1. The second-order valence-corrected chi connectivity index (χ2v) is 7.95. The van der Waals surface area contributed by atoms with Crippen LogP contribution in [0.5, 0.6) is 0 Å². The first-order chi connectivity index (χ1) is 14.5. The fraction of sp³-hybridized carbons (Fsp3) is 0.458. The first-order valence-corrected chi connectivity index (χ1v) is 10.7. The lowest BCUT2D eigenvalue weighted by molar-refractivity contribution is -0.0705. The van der Waals surface area contributed by atoms with E-state index in [2.05, 4.69) is 58.6 Å². The van der Waals surface area contributed by atoms with Gasteiger partial charge in [0.2, 0.25) is 0 Å². The molecule has 5 nitrogen and oxygen atoms in total. The minimum absolute atomic E-state index is 0. The molecule has 1 aliphatic heterocycles. The summed E-state index contributed by atoms with van der Waals surface area (Å²) in [6.45, 7) is 8.55. The van der Waals surface area contributed by atoms with Gasteiger partial charge in [0.15, 0.2) is 5.96 Å².